The number of aromatic nitrogens is 3. The van der Waals surface area contributed by atoms with E-state index < -0.39 is 12.6 Å². The van der Waals surface area contributed by atoms with Crippen molar-refractivity contribution in [1.82, 2.24) is 15.0 Å². The Bertz CT molecular complexity index is 349. The van der Waals surface area contributed by atoms with Crippen molar-refractivity contribution in [2.24, 2.45) is 5.84 Å². The number of hydrogen-bond acceptors (Lipinski definition) is 7. The monoisotopic (exact) mass is 252 g/mol. The third-order valence-electron chi connectivity index (χ3n) is 1.62. The lowest BCUT2D eigenvalue weighted by Gasteiger charge is -2.09. The summed E-state index contributed by atoms with van der Waals surface area (Å²) >= 11 is 0. The molecule has 17 heavy (non-hydrogen) atoms. The molecule has 0 radical (unpaired) electrons. The third kappa shape index (κ3) is 4.68. The summed E-state index contributed by atoms with van der Waals surface area (Å²) in [4.78, 5) is 11.1. The predicted octanol–water partition coefficient (Wildman–Crippen LogP) is 0.530. The van der Waals surface area contributed by atoms with E-state index in [1.54, 1.807) is 0 Å². The topological polar surface area (TPSA) is 98.0 Å². The van der Waals surface area contributed by atoms with Crippen molar-refractivity contribution in [2.75, 3.05) is 24.4 Å². The largest absolute Gasteiger partial charge is 0.467 e. The van der Waals surface area contributed by atoms with Crippen molar-refractivity contribution in [3.8, 4) is 6.01 Å². The van der Waals surface area contributed by atoms with Crippen molar-refractivity contribution in [2.45, 2.75) is 12.6 Å². The molecule has 0 fully saturated rings. The van der Waals surface area contributed by atoms with Gasteiger partial charge in [0, 0.05) is 6.54 Å². The standard InChI is InChI=1S/C7H11F3N6O/c1-17-6-14-4(13-5(15-6)16-11)12-3-2-7(8,9)10/h2-3,11H2,1H3,(H2,12,13,14,15,16). The second-order valence-corrected chi connectivity index (χ2v) is 2.91. The molecule has 0 aliphatic heterocycles. The minimum absolute atomic E-state index is 0.00800. The zero-order valence-electron chi connectivity index (χ0n) is 8.88. The lowest BCUT2D eigenvalue weighted by molar-refractivity contribution is -0.131. The summed E-state index contributed by atoms with van der Waals surface area (Å²) in [7, 11) is 1.31. The van der Waals surface area contributed by atoms with Crippen LogP contribution in [0.3, 0.4) is 0 Å². The van der Waals surface area contributed by atoms with Gasteiger partial charge in [-0.1, -0.05) is 0 Å². The number of anilines is 2. The molecule has 96 valence electrons. The van der Waals surface area contributed by atoms with E-state index in [4.69, 9.17) is 10.6 Å². The molecule has 0 unspecified atom stereocenters. The first-order valence-electron chi connectivity index (χ1n) is 4.52. The van der Waals surface area contributed by atoms with Gasteiger partial charge >= 0.3 is 12.2 Å². The van der Waals surface area contributed by atoms with Crippen LogP contribution in [-0.2, 0) is 0 Å². The molecule has 10 heteroatoms. The number of ether oxygens (including phenoxy) is 1. The molecule has 0 bridgehead atoms. The molecule has 1 rings (SSSR count). The van der Waals surface area contributed by atoms with Gasteiger partial charge in [-0.25, -0.2) is 5.84 Å². The van der Waals surface area contributed by atoms with Crippen molar-refractivity contribution in [1.29, 1.82) is 0 Å². The van der Waals surface area contributed by atoms with Crippen molar-refractivity contribution >= 4 is 11.9 Å². The lowest BCUT2D eigenvalue weighted by atomic mass is 10.4. The van der Waals surface area contributed by atoms with Crippen molar-refractivity contribution < 1.29 is 17.9 Å². The maximum Gasteiger partial charge on any atom is 0.390 e. The number of nitrogens with one attached hydrogen (secondary N) is 2. The number of hydrogen-bond donors (Lipinski definition) is 3. The quantitative estimate of drug-likeness (QED) is 0.519. The Morgan fingerprint density at radius 2 is 1.88 bits per heavy atom. The highest BCUT2D eigenvalue weighted by atomic mass is 19.4. The van der Waals surface area contributed by atoms with Gasteiger partial charge < -0.3 is 10.1 Å². The first-order valence-corrected chi connectivity index (χ1v) is 4.52. The zero-order valence-corrected chi connectivity index (χ0v) is 8.88. The maximum atomic E-state index is 11.9. The van der Waals surface area contributed by atoms with Crippen LogP contribution in [0.1, 0.15) is 6.42 Å². The van der Waals surface area contributed by atoms with Crippen LogP contribution < -0.4 is 21.3 Å². The summed E-state index contributed by atoms with van der Waals surface area (Å²) in [5, 5.41) is 2.39. The fourth-order valence-corrected chi connectivity index (χ4v) is 0.907. The van der Waals surface area contributed by atoms with Crippen LogP contribution in [0, 0.1) is 0 Å². The van der Waals surface area contributed by atoms with Gasteiger partial charge in [-0.15, -0.1) is 0 Å². The Hall–Kier alpha value is -1.84. The van der Waals surface area contributed by atoms with Gasteiger partial charge in [-0.05, 0) is 0 Å². The molecule has 1 aromatic rings. The van der Waals surface area contributed by atoms with E-state index in [1.807, 2.05) is 0 Å². The molecule has 0 saturated carbocycles. The molecule has 0 amide bonds. The molecule has 0 aliphatic carbocycles. The van der Waals surface area contributed by atoms with Gasteiger partial charge in [0.2, 0.25) is 11.9 Å². The molecule has 0 spiro atoms. The highest BCUT2D eigenvalue weighted by Gasteiger charge is 2.26. The zero-order chi connectivity index (χ0) is 12.9. The van der Waals surface area contributed by atoms with Gasteiger partial charge in [0.05, 0.1) is 13.5 Å². The molecular weight excluding hydrogens is 241 g/mol. The molecule has 1 heterocycles. The minimum atomic E-state index is -4.24. The van der Waals surface area contributed by atoms with E-state index in [2.05, 4.69) is 25.7 Å². The summed E-state index contributed by atoms with van der Waals surface area (Å²) in [5.41, 5.74) is 2.14. The fourth-order valence-electron chi connectivity index (χ4n) is 0.907. The number of nitrogens with zero attached hydrogens (tertiary/aromatic N) is 3. The highest BCUT2D eigenvalue weighted by molar-refractivity contribution is 5.34. The molecule has 0 aliphatic rings. The van der Waals surface area contributed by atoms with Crippen LogP contribution in [0.25, 0.3) is 0 Å². The van der Waals surface area contributed by atoms with Gasteiger partial charge in [0.15, 0.2) is 0 Å². The summed E-state index contributed by atoms with van der Waals surface area (Å²) < 4.78 is 40.4. The number of rotatable bonds is 5. The summed E-state index contributed by atoms with van der Waals surface area (Å²) in [6.07, 6.45) is -5.23. The van der Waals surface area contributed by atoms with E-state index in [1.165, 1.54) is 7.11 Å². The van der Waals surface area contributed by atoms with Gasteiger partial charge in [0.1, 0.15) is 0 Å². The van der Waals surface area contributed by atoms with E-state index in [0.29, 0.717) is 0 Å². The Labute approximate surface area is 94.6 Å². The minimum Gasteiger partial charge on any atom is -0.467 e. The Morgan fingerprint density at radius 1 is 1.24 bits per heavy atom. The van der Waals surface area contributed by atoms with Gasteiger partial charge in [0.25, 0.3) is 0 Å². The predicted molar refractivity (Wildman–Crippen MR) is 53.4 cm³/mol. The summed E-state index contributed by atoms with van der Waals surface area (Å²) in [6.45, 7) is -0.347. The summed E-state index contributed by atoms with van der Waals surface area (Å²) in [6, 6.07) is -0.0533. The normalized spacial score (nSPS) is 11.1. The number of methoxy groups -OCH3 is 1. The lowest BCUT2D eigenvalue weighted by Crippen LogP contribution is -2.17. The van der Waals surface area contributed by atoms with E-state index >= 15 is 0 Å². The van der Waals surface area contributed by atoms with Crippen LogP contribution in [0.15, 0.2) is 0 Å². The van der Waals surface area contributed by atoms with Gasteiger partial charge in [-0.2, -0.15) is 28.1 Å². The van der Waals surface area contributed by atoms with Gasteiger partial charge in [-0.3, -0.25) is 5.43 Å². The number of hydrazine groups is 1. The number of halogens is 3. The van der Waals surface area contributed by atoms with Crippen molar-refractivity contribution in [3.05, 3.63) is 0 Å². The number of nitrogens with two attached hydrogens (primary N) is 1. The highest BCUT2D eigenvalue weighted by Crippen LogP contribution is 2.19. The second kappa shape index (κ2) is 5.48. The van der Waals surface area contributed by atoms with E-state index in [0.717, 1.165) is 0 Å². The van der Waals surface area contributed by atoms with Crippen LogP contribution >= 0.6 is 0 Å². The first-order chi connectivity index (χ1) is 7.94. The molecule has 0 atom stereocenters. The smallest absolute Gasteiger partial charge is 0.390 e. The third-order valence-corrected chi connectivity index (χ3v) is 1.62. The van der Waals surface area contributed by atoms with Crippen LogP contribution in [0.5, 0.6) is 6.01 Å². The van der Waals surface area contributed by atoms with Crippen molar-refractivity contribution in [3.63, 3.8) is 0 Å². The average molecular weight is 252 g/mol. The second-order valence-electron chi connectivity index (χ2n) is 2.91. The fraction of sp³-hybridized carbons (Fsp3) is 0.571. The van der Waals surface area contributed by atoms with E-state index in [-0.39, 0.29) is 24.5 Å². The molecule has 4 N–H and O–H groups in total. The molecular formula is C7H11F3N6O. The van der Waals surface area contributed by atoms with Crippen LogP contribution in [-0.4, -0.2) is 34.8 Å². The SMILES string of the molecule is COc1nc(NN)nc(NCCC(F)(F)F)n1. The average Bonchev–Trinajstić information content (AvgIpc) is 2.26. The number of alkyl halides is 3. The van der Waals surface area contributed by atoms with Crippen LogP contribution in [0.2, 0.25) is 0 Å². The number of nitrogen functional groups attached to an aromatic ring is 1. The Kier molecular flexibility index (Phi) is 4.26. The maximum absolute atomic E-state index is 11.9. The Morgan fingerprint density at radius 3 is 2.41 bits per heavy atom. The molecule has 0 saturated heterocycles. The first kappa shape index (κ1) is 13.2. The summed E-state index contributed by atoms with van der Waals surface area (Å²) in [5.74, 6) is 5.02. The molecule has 0 aromatic carbocycles. The van der Waals surface area contributed by atoms with Crippen LogP contribution in [0.4, 0.5) is 25.1 Å². The molecule has 7 nitrogen and oxygen atoms in total. The van der Waals surface area contributed by atoms with E-state index in [9.17, 15) is 13.2 Å². The Balaban J connectivity index is 2.64. The molecule has 1 aromatic heterocycles.